The van der Waals surface area contributed by atoms with Gasteiger partial charge in [0.25, 0.3) is 0 Å². The summed E-state index contributed by atoms with van der Waals surface area (Å²) >= 11 is 0. The van der Waals surface area contributed by atoms with Gasteiger partial charge in [-0.1, -0.05) is 0 Å². The Bertz CT molecular complexity index is 1340. The maximum Gasteiger partial charge on any atom is 0.208 e. The number of rotatable bonds is 6. The molecule has 7 heterocycles. The summed E-state index contributed by atoms with van der Waals surface area (Å²) in [5, 5.41) is 7.69. The van der Waals surface area contributed by atoms with Crippen molar-refractivity contribution in [2.45, 2.75) is 11.1 Å². The average Bonchev–Trinajstić information content (AvgIpc) is 3.79. The van der Waals surface area contributed by atoms with Crippen LogP contribution >= 0.6 is 0 Å². The maximum absolute atomic E-state index is 4.89. The van der Waals surface area contributed by atoms with Crippen molar-refractivity contribution >= 4 is 11.8 Å². The number of aromatic amines is 6. The maximum atomic E-state index is 4.89. The molecule has 36 heavy (non-hydrogen) atoms. The SMILES string of the molecule is C1=CN(c2ccc[nH]2)C(c2ccc[nH]2)(c2ncc[nH]2)C(c2ccc[nH]2)(c2ccn[nH]2)N1c1ncc[nH]1. The number of nitrogens with zero attached hydrogens (tertiary/aromatic N) is 5. The van der Waals surface area contributed by atoms with Crippen molar-refractivity contribution in [1.29, 1.82) is 0 Å². The van der Waals surface area contributed by atoms with Crippen LogP contribution in [-0.4, -0.2) is 45.1 Å². The molecular formula is C25H23N11. The molecule has 178 valence electrons. The molecule has 7 rings (SSSR count). The second-order valence-corrected chi connectivity index (χ2v) is 8.50. The van der Waals surface area contributed by atoms with Gasteiger partial charge in [-0.2, -0.15) is 5.10 Å². The Balaban J connectivity index is 1.72. The quantitative estimate of drug-likeness (QED) is 0.218. The van der Waals surface area contributed by atoms with E-state index in [1.165, 1.54) is 0 Å². The molecule has 1 aliphatic rings. The monoisotopic (exact) mass is 477 g/mol. The fourth-order valence-corrected chi connectivity index (χ4v) is 5.62. The lowest BCUT2D eigenvalue weighted by Gasteiger charge is -2.58. The molecule has 0 saturated heterocycles. The van der Waals surface area contributed by atoms with Gasteiger partial charge in [-0.05, 0) is 42.5 Å². The van der Waals surface area contributed by atoms with Gasteiger partial charge >= 0.3 is 0 Å². The highest BCUT2D eigenvalue weighted by atomic mass is 15.4. The molecule has 0 bridgehead atoms. The number of aromatic nitrogens is 9. The highest BCUT2D eigenvalue weighted by Gasteiger charge is 2.68. The first-order valence-electron chi connectivity index (χ1n) is 11.5. The number of hydrogen-bond acceptors (Lipinski definition) is 5. The normalized spacial score (nSPS) is 21.9. The van der Waals surface area contributed by atoms with Crippen LogP contribution in [0.4, 0.5) is 11.8 Å². The molecule has 0 fully saturated rings. The van der Waals surface area contributed by atoms with Crippen LogP contribution in [0.3, 0.4) is 0 Å². The van der Waals surface area contributed by atoms with Gasteiger partial charge in [0.2, 0.25) is 5.95 Å². The summed E-state index contributed by atoms with van der Waals surface area (Å²) < 4.78 is 0. The van der Waals surface area contributed by atoms with Crippen LogP contribution in [-0.2, 0) is 11.1 Å². The Labute approximate surface area is 205 Å². The Morgan fingerprint density at radius 1 is 0.583 bits per heavy atom. The third-order valence-corrected chi connectivity index (χ3v) is 6.87. The van der Waals surface area contributed by atoms with Crippen molar-refractivity contribution in [3.8, 4) is 0 Å². The lowest BCUT2D eigenvalue weighted by Crippen LogP contribution is -2.69. The lowest BCUT2D eigenvalue weighted by molar-refractivity contribution is 0.264. The summed E-state index contributed by atoms with van der Waals surface area (Å²) in [4.78, 5) is 31.1. The molecule has 11 heteroatoms. The van der Waals surface area contributed by atoms with Crippen LogP contribution < -0.4 is 9.80 Å². The van der Waals surface area contributed by atoms with E-state index in [-0.39, 0.29) is 0 Å². The Kier molecular flexibility index (Phi) is 4.30. The first-order chi connectivity index (χ1) is 17.9. The summed E-state index contributed by atoms with van der Waals surface area (Å²) in [6, 6.07) is 14.1. The predicted octanol–water partition coefficient (Wildman–Crippen LogP) is 3.53. The van der Waals surface area contributed by atoms with Crippen LogP contribution in [0.15, 0.2) is 104 Å². The zero-order valence-corrected chi connectivity index (χ0v) is 19.1. The minimum Gasteiger partial charge on any atom is -0.363 e. The summed E-state index contributed by atoms with van der Waals surface area (Å²) in [5.74, 6) is 2.25. The van der Waals surface area contributed by atoms with E-state index in [9.17, 15) is 0 Å². The summed E-state index contributed by atoms with van der Waals surface area (Å²) in [6.07, 6.45) is 18.8. The molecule has 2 atom stereocenters. The smallest absolute Gasteiger partial charge is 0.208 e. The molecule has 2 unspecified atom stereocenters. The second-order valence-electron chi connectivity index (χ2n) is 8.50. The van der Waals surface area contributed by atoms with Crippen LogP contribution in [0.25, 0.3) is 0 Å². The highest BCUT2D eigenvalue weighted by molar-refractivity contribution is 5.67. The first kappa shape index (κ1) is 20.2. The van der Waals surface area contributed by atoms with Crippen LogP contribution in [0.1, 0.15) is 22.9 Å². The minimum atomic E-state index is -1.02. The molecule has 0 amide bonds. The molecule has 0 spiro atoms. The van der Waals surface area contributed by atoms with Gasteiger partial charge in [-0.3, -0.25) is 10.00 Å². The Morgan fingerprint density at radius 3 is 1.92 bits per heavy atom. The van der Waals surface area contributed by atoms with Gasteiger partial charge in [0.05, 0.1) is 17.1 Å². The van der Waals surface area contributed by atoms with E-state index < -0.39 is 11.1 Å². The van der Waals surface area contributed by atoms with Crippen molar-refractivity contribution in [1.82, 2.24) is 45.1 Å². The van der Waals surface area contributed by atoms with Crippen molar-refractivity contribution in [3.63, 3.8) is 0 Å². The molecule has 6 aromatic heterocycles. The molecule has 11 nitrogen and oxygen atoms in total. The summed E-state index contributed by atoms with van der Waals surface area (Å²) in [6.45, 7) is 0. The van der Waals surface area contributed by atoms with E-state index in [1.54, 1.807) is 18.6 Å². The zero-order valence-electron chi connectivity index (χ0n) is 19.1. The fraction of sp³-hybridized carbons (Fsp3) is 0.0800. The molecule has 6 N–H and O–H groups in total. The highest BCUT2D eigenvalue weighted by Crippen LogP contribution is 2.58. The third kappa shape index (κ3) is 2.48. The average molecular weight is 478 g/mol. The number of imidazole rings is 2. The van der Waals surface area contributed by atoms with Gasteiger partial charge in [0.1, 0.15) is 11.6 Å². The molecular weight excluding hydrogens is 454 g/mol. The number of hydrogen-bond donors (Lipinski definition) is 6. The predicted molar refractivity (Wildman–Crippen MR) is 134 cm³/mol. The van der Waals surface area contributed by atoms with Crippen molar-refractivity contribution < 1.29 is 0 Å². The van der Waals surface area contributed by atoms with Gasteiger partial charge in [-0.15, -0.1) is 0 Å². The molecule has 0 aliphatic carbocycles. The van der Waals surface area contributed by atoms with Gasteiger partial charge < -0.3 is 29.8 Å². The molecule has 0 saturated carbocycles. The third-order valence-electron chi connectivity index (χ3n) is 6.87. The van der Waals surface area contributed by atoms with Crippen molar-refractivity contribution in [2.75, 3.05) is 9.80 Å². The first-order valence-corrected chi connectivity index (χ1v) is 11.5. The standard InChI is InChI=1S/C25H23N11/c1-4-18(26-8-1)24(20-7-11-33-34-20)25(19-5-2-9-27-19,22-29-12-13-30-22)35(21-6-3-10-28-21)16-17-36(24)23-31-14-15-32-23/h1-17,26-28H,(H,29,30)(H,31,32)(H,33,34). The van der Waals surface area contributed by atoms with E-state index in [0.29, 0.717) is 11.8 Å². The number of nitrogens with one attached hydrogen (secondary N) is 6. The zero-order chi connectivity index (χ0) is 24.0. The lowest BCUT2D eigenvalue weighted by atomic mass is 9.66. The Hall–Kier alpha value is -5.19. The van der Waals surface area contributed by atoms with Crippen molar-refractivity contribution in [3.05, 3.63) is 127 Å². The Morgan fingerprint density at radius 2 is 1.31 bits per heavy atom. The summed E-state index contributed by atoms with van der Waals surface area (Å²) in [5.41, 5.74) is 0.581. The van der Waals surface area contributed by atoms with E-state index in [0.717, 1.165) is 22.9 Å². The molecule has 0 aromatic carbocycles. The van der Waals surface area contributed by atoms with Gasteiger partial charge in [0.15, 0.2) is 11.1 Å². The second kappa shape index (κ2) is 7.67. The number of H-pyrrole nitrogens is 6. The summed E-state index contributed by atoms with van der Waals surface area (Å²) in [7, 11) is 0. The van der Waals surface area contributed by atoms with E-state index >= 15 is 0 Å². The van der Waals surface area contributed by atoms with Crippen LogP contribution in [0.2, 0.25) is 0 Å². The molecule has 0 radical (unpaired) electrons. The van der Waals surface area contributed by atoms with Crippen LogP contribution in [0.5, 0.6) is 0 Å². The van der Waals surface area contributed by atoms with E-state index in [4.69, 9.17) is 4.98 Å². The number of anilines is 2. The van der Waals surface area contributed by atoms with Crippen molar-refractivity contribution in [2.24, 2.45) is 0 Å². The fourth-order valence-electron chi connectivity index (χ4n) is 5.62. The topological polar surface area (TPSA) is 140 Å². The molecule has 1 aliphatic heterocycles. The van der Waals surface area contributed by atoms with Gasteiger partial charge in [0, 0.05) is 62.0 Å². The minimum absolute atomic E-state index is 0.657. The van der Waals surface area contributed by atoms with Crippen LogP contribution in [0, 0.1) is 0 Å². The molecule has 6 aromatic rings. The van der Waals surface area contributed by atoms with E-state index in [2.05, 4.69) is 62.0 Å². The van der Waals surface area contributed by atoms with E-state index in [1.807, 2.05) is 73.7 Å². The largest absolute Gasteiger partial charge is 0.363 e. The van der Waals surface area contributed by atoms with Gasteiger partial charge in [-0.25, -0.2) is 9.97 Å².